The average molecular weight is 438 g/mol. The molecule has 0 atom stereocenters. The quantitative estimate of drug-likeness (QED) is 0.327. The van der Waals surface area contributed by atoms with Gasteiger partial charge in [0.15, 0.2) is 11.5 Å². The van der Waals surface area contributed by atoms with Crippen molar-refractivity contribution < 1.29 is 9.47 Å². The van der Waals surface area contributed by atoms with E-state index < -0.39 is 0 Å². The molecule has 0 amide bonds. The summed E-state index contributed by atoms with van der Waals surface area (Å²) in [7, 11) is 1.65. The van der Waals surface area contributed by atoms with Crippen molar-refractivity contribution in [2.75, 3.05) is 12.4 Å². The lowest BCUT2D eigenvalue weighted by molar-refractivity contribution is 0.285. The molecule has 4 aromatic carbocycles. The van der Waals surface area contributed by atoms with Crippen LogP contribution in [0, 0.1) is 0 Å². The van der Waals surface area contributed by atoms with E-state index in [0.717, 1.165) is 16.8 Å². The fraction of sp³-hybridized carbons (Fsp3) is 0.120. The molecule has 0 saturated carbocycles. The van der Waals surface area contributed by atoms with Gasteiger partial charge in [0.2, 0.25) is 0 Å². The maximum absolute atomic E-state index is 6.09. The van der Waals surface area contributed by atoms with E-state index in [4.69, 9.17) is 32.7 Å². The summed E-state index contributed by atoms with van der Waals surface area (Å²) in [5.74, 6) is 1.41. The van der Waals surface area contributed by atoms with Crippen molar-refractivity contribution in [2.24, 2.45) is 0 Å². The maximum atomic E-state index is 6.09. The SMILES string of the molecule is COc1cc(CNc2ccc(Cl)c(Cl)c2)ccc1OCc1cccc2ccccc12. The Bertz CT molecular complexity index is 1170. The van der Waals surface area contributed by atoms with E-state index in [0.29, 0.717) is 34.7 Å². The molecule has 0 bridgehead atoms. The number of fused-ring (bicyclic) bond motifs is 1. The van der Waals surface area contributed by atoms with Gasteiger partial charge in [0, 0.05) is 12.2 Å². The van der Waals surface area contributed by atoms with Crippen LogP contribution in [0.5, 0.6) is 11.5 Å². The fourth-order valence-electron chi connectivity index (χ4n) is 3.33. The molecule has 0 fully saturated rings. The summed E-state index contributed by atoms with van der Waals surface area (Å²) in [6.45, 7) is 1.09. The van der Waals surface area contributed by atoms with Crippen LogP contribution < -0.4 is 14.8 Å². The third kappa shape index (κ3) is 4.64. The number of methoxy groups -OCH3 is 1. The molecule has 0 spiro atoms. The normalized spacial score (nSPS) is 10.8. The summed E-state index contributed by atoms with van der Waals surface area (Å²) in [6.07, 6.45) is 0. The topological polar surface area (TPSA) is 30.5 Å². The third-order valence-corrected chi connectivity index (χ3v) is 5.65. The van der Waals surface area contributed by atoms with Gasteiger partial charge in [-0.05, 0) is 52.2 Å². The molecule has 152 valence electrons. The van der Waals surface area contributed by atoms with Gasteiger partial charge in [0.1, 0.15) is 6.61 Å². The first kappa shape index (κ1) is 20.4. The monoisotopic (exact) mass is 437 g/mol. The second kappa shape index (κ2) is 9.29. The molecular formula is C25H21Cl2NO2. The van der Waals surface area contributed by atoms with Crippen molar-refractivity contribution in [1.29, 1.82) is 0 Å². The van der Waals surface area contributed by atoms with Crippen LogP contribution in [0.1, 0.15) is 11.1 Å². The number of halogens is 2. The van der Waals surface area contributed by atoms with Gasteiger partial charge in [-0.3, -0.25) is 0 Å². The highest BCUT2D eigenvalue weighted by atomic mass is 35.5. The van der Waals surface area contributed by atoms with Crippen LogP contribution in [0.25, 0.3) is 10.8 Å². The van der Waals surface area contributed by atoms with Gasteiger partial charge in [-0.25, -0.2) is 0 Å². The zero-order valence-electron chi connectivity index (χ0n) is 16.5. The smallest absolute Gasteiger partial charge is 0.161 e. The lowest BCUT2D eigenvalue weighted by Gasteiger charge is -2.14. The van der Waals surface area contributed by atoms with Crippen molar-refractivity contribution in [2.45, 2.75) is 13.2 Å². The number of anilines is 1. The number of ether oxygens (including phenoxy) is 2. The minimum absolute atomic E-state index is 0.471. The van der Waals surface area contributed by atoms with Gasteiger partial charge in [-0.15, -0.1) is 0 Å². The Morgan fingerprint density at radius 1 is 0.800 bits per heavy atom. The van der Waals surface area contributed by atoms with E-state index in [9.17, 15) is 0 Å². The summed E-state index contributed by atoms with van der Waals surface area (Å²) in [6, 6.07) is 26.0. The number of rotatable bonds is 7. The molecule has 0 heterocycles. The highest BCUT2D eigenvalue weighted by Crippen LogP contribution is 2.31. The minimum Gasteiger partial charge on any atom is -0.493 e. The van der Waals surface area contributed by atoms with Gasteiger partial charge in [0.05, 0.1) is 17.2 Å². The van der Waals surface area contributed by atoms with Crippen LogP contribution in [0.2, 0.25) is 10.0 Å². The molecular weight excluding hydrogens is 417 g/mol. The summed E-state index contributed by atoms with van der Waals surface area (Å²) in [4.78, 5) is 0. The average Bonchev–Trinajstić information content (AvgIpc) is 2.78. The largest absolute Gasteiger partial charge is 0.493 e. The second-order valence-corrected chi connectivity index (χ2v) is 7.71. The molecule has 3 nitrogen and oxygen atoms in total. The maximum Gasteiger partial charge on any atom is 0.161 e. The molecule has 0 saturated heterocycles. The van der Waals surface area contributed by atoms with E-state index in [1.807, 2.05) is 42.5 Å². The van der Waals surface area contributed by atoms with E-state index in [2.05, 4.69) is 35.6 Å². The van der Waals surface area contributed by atoms with Crippen molar-refractivity contribution in [1.82, 2.24) is 0 Å². The van der Waals surface area contributed by atoms with E-state index >= 15 is 0 Å². The van der Waals surface area contributed by atoms with Crippen LogP contribution in [-0.4, -0.2) is 7.11 Å². The van der Waals surface area contributed by atoms with E-state index in [1.165, 1.54) is 10.8 Å². The van der Waals surface area contributed by atoms with Gasteiger partial charge >= 0.3 is 0 Å². The van der Waals surface area contributed by atoms with Crippen LogP contribution in [-0.2, 0) is 13.2 Å². The first-order valence-electron chi connectivity index (χ1n) is 9.59. The summed E-state index contributed by atoms with van der Waals surface area (Å²) >= 11 is 12.0. The molecule has 0 radical (unpaired) electrons. The molecule has 0 aliphatic heterocycles. The molecule has 0 aliphatic carbocycles. The van der Waals surface area contributed by atoms with Gasteiger partial charge < -0.3 is 14.8 Å². The molecule has 1 N–H and O–H groups in total. The van der Waals surface area contributed by atoms with Crippen molar-refractivity contribution in [3.63, 3.8) is 0 Å². The summed E-state index contributed by atoms with van der Waals surface area (Å²) < 4.78 is 11.6. The number of hydrogen-bond acceptors (Lipinski definition) is 3. The Morgan fingerprint density at radius 3 is 2.47 bits per heavy atom. The van der Waals surface area contributed by atoms with E-state index in [-0.39, 0.29) is 0 Å². The molecule has 0 aliphatic rings. The van der Waals surface area contributed by atoms with Gasteiger partial charge in [-0.2, -0.15) is 0 Å². The molecule has 30 heavy (non-hydrogen) atoms. The van der Waals surface area contributed by atoms with Crippen LogP contribution in [0.3, 0.4) is 0 Å². The van der Waals surface area contributed by atoms with Crippen molar-refractivity contribution >= 4 is 39.7 Å². The van der Waals surface area contributed by atoms with E-state index in [1.54, 1.807) is 13.2 Å². The first-order valence-corrected chi connectivity index (χ1v) is 10.3. The standard InChI is InChI=1S/C25H21Cl2NO2/c1-29-25-13-17(15-28-20-10-11-22(26)23(27)14-20)9-12-24(25)30-16-19-7-4-6-18-5-2-3-8-21(18)19/h2-14,28H,15-16H2,1H3. The molecule has 0 aromatic heterocycles. The molecule has 4 rings (SSSR count). The highest BCUT2D eigenvalue weighted by Gasteiger charge is 2.08. The highest BCUT2D eigenvalue weighted by molar-refractivity contribution is 6.42. The second-order valence-electron chi connectivity index (χ2n) is 6.89. The Balaban J connectivity index is 1.46. The Kier molecular flexibility index (Phi) is 6.32. The zero-order chi connectivity index (χ0) is 20.9. The number of hydrogen-bond donors (Lipinski definition) is 1. The van der Waals surface area contributed by atoms with Crippen molar-refractivity contribution in [3.8, 4) is 11.5 Å². The predicted molar refractivity (Wildman–Crippen MR) is 125 cm³/mol. The molecule has 5 heteroatoms. The summed E-state index contributed by atoms with van der Waals surface area (Å²) in [5, 5.41) is 6.80. The fourth-order valence-corrected chi connectivity index (χ4v) is 3.62. The lowest BCUT2D eigenvalue weighted by Crippen LogP contribution is -2.02. The number of benzene rings is 4. The van der Waals surface area contributed by atoms with Gasteiger partial charge in [0.25, 0.3) is 0 Å². The Morgan fingerprint density at radius 2 is 1.63 bits per heavy atom. The zero-order valence-corrected chi connectivity index (χ0v) is 18.0. The number of nitrogens with one attached hydrogen (secondary N) is 1. The molecule has 4 aromatic rings. The summed E-state index contributed by atoms with van der Waals surface area (Å²) in [5.41, 5.74) is 3.11. The third-order valence-electron chi connectivity index (χ3n) is 4.91. The Hall–Kier alpha value is -2.88. The van der Waals surface area contributed by atoms with Crippen LogP contribution in [0.15, 0.2) is 78.9 Å². The van der Waals surface area contributed by atoms with Crippen LogP contribution >= 0.6 is 23.2 Å². The van der Waals surface area contributed by atoms with Crippen molar-refractivity contribution in [3.05, 3.63) is 100 Å². The van der Waals surface area contributed by atoms with Crippen LogP contribution in [0.4, 0.5) is 5.69 Å². The predicted octanol–water partition coefficient (Wildman–Crippen LogP) is 7.35. The minimum atomic E-state index is 0.471. The first-order chi connectivity index (χ1) is 14.6. The van der Waals surface area contributed by atoms with Gasteiger partial charge in [-0.1, -0.05) is 71.7 Å². The Labute approximate surface area is 186 Å². The molecule has 0 unspecified atom stereocenters. The lowest BCUT2D eigenvalue weighted by atomic mass is 10.1.